The lowest BCUT2D eigenvalue weighted by atomic mass is 10.0. The summed E-state index contributed by atoms with van der Waals surface area (Å²) in [5.74, 6) is 0.973. The first-order valence-electron chi connectivity index (χ1n) is 11.2. The summed E-state index contributed by atoms with van der Waals surface area (Å²) in [6, 6.07) is 19.9. The van der Waals surface area contributed by atoms with Crippen molar-refractivity contribution in [2.45, 2.75) is 25.9 Å². The number of rotatable bonds is 10. The summed E-state index contributed by atoms with van der Waals surface area (Å²) in [6.07, 6.45) is 2.90. The minimum atomic E-state index is -0.606. The number of hydrazone groups is 1. The summed E-state index contributed by atoms with van der Waals surface area (Å²) in [7, 11) is 1.68. The topological polar surface area (TPSA) is 102 Å². The van der Waals surface area contributed by atoms with Gasteiger partial charge < -0.3 is 20.5 Å². The lowest BCUT2D eigenvalue weighted by Gasteiger charge is -2.23. The average molecular weight is 460 g/mol. The Morgan fingerprint density at radius 2 is 1.94 bits per heavy atom. The number of nitrogens with two attached hydrogens (primary N) is 1. The number of pyridine rings is 1. The van der Waals surface area contributed by atoms with Crippen LogP contribution in [0, 0.1) is 6.92 Å². The number of aromatic nitrogens is 1. The minimum Gasteiger partial charge on any atom is -0.493 e. The largest absolute Gasteiger partial charge is 0.493 e. The van der Waals surface area contributed by atoms with Gasteiger partial charge in [0.2, 0.25) is 5.84 Å². The van der Waals surface area contributed by atoms with Gasteiger partial charge in [0, 0.05) is 32.8 Å². The Morgan fingerprint density at radius 1 is 1.12 bits per heavy atom. The van der Waals surface area contributed by atoms with E-state index in [1.54, 1.807) is 18.3 Å². The van der Waals surface area contributed by atoms with Crippen molar-refractivity contribution in [2.75, 3.05) is 25.3 Å². The van der Waals surface area contributed by atoms with Gasteiger partial charge >= 0.3 is 0 Å². The minimum absolute atomic E-state index is 0.121. The van der Waals surface area contributed by atoms with E-state index >= 15 is 0 Å². The molecular formula is C26H29N5O3. The summed E-state index contributed by atoms with van der Waals surface area (Å²) in [5, 5.41) is 9.28. The van der Waals surface area contributed by atoms with Gasteiger partial charge in [-0.1, -0.05) is 42.5 Å². The number of hydrogen-bond acceptors (Lipinski definition) is 7. The van der Waals surface area contributed by atoms with Crippen LogP contribution in [-0.2, 0) is 16.0 Å². The van der Waals surface area contributed by atoms with E-state index in [-0.39, 0.29) is 12.0 Å². The predicted molar refractivity (Wildman–Crippen MR) is 133 cm³/mol. The molecule has 34 heavy (non-hydrogen) atoms. The summed E-state index contributed by atoms with van der Waals surface area (Å²) in [6.45, 7) is 3.29. The number of amides is 1. The van der Waals surface area contributed by atoms with Gasteiger partial charge in [-0.3, -0.25) is 4.79 Å². The van der Waals surface area contributed by atoms with Gasteiger partial charge in [-0.25, -0.2) is 9.99 Å². The van der Waals surface area contributed by atoms with Gasteiger partial charge in [-0.15, -0.1) is 5.10 Å². The molecule has 0 fully saturated rings. The van der Waals surface area contributed by atoms with Crippen LogP contribution in [0.5, 0.6) is 5.75 Å². The third-order valence-corrected chi connectivity index (χ3v) is 5.64. The number of hydrogen-bond donors (Lipinski definition) is 2. The second-order valence-electron chi connectivity index (χ2n) is 8.03. The molecule has 1 atom stereocenters. The molecule has 0 radical (unpaired) electrons. The van der Waals surface area contributed by atoms with Gasteiger partial charge in [0.05, 0.1) is 6.61 Å². The van der Waals surface area contributed by atoms with Gasteiger partial charge in [0.15, 0.2) is 5.82 Å². The average Bonchev–Trinajstić information content (AvgIpc) is 3.28. The molecule has 8 nitrogen and oxygen atoms in total. The van der Waals surface area contributed by atoms with Crippen LogP contribution in [0.3, 0.4) is 0 Å². The number of benzene rings is 2. The lowest BCUT2D eigenvalue weighted by molar-refractivity contribution is -0.112. The van der Waals surface area contributed by atoms with E-state index in [2.05, 4.69) is 21.5 Å². The van der Waals surface area contributed by atoms with Crippen molar-refractivity contribution in [3.63, 3.8) is 0 Å². The molecule has 1 amide bonds. The quantitative estimate of drug-likeness (QED) is 0.451. The van der Waals surface area contributed by atoms with Crippen molar-refractivity contribution in [2.24, 2.45) is 10.8 Å². The lowest BCUT2D eigenvalue weighted by Crippen LogP contribution is -2.43. The smallest absolute Gasteiger partial charge is 0.286 e. The molecule has 4 rings (SSSR count). The maximum Gasteiger partial charge on any atom is 0.286 e. The van der Waals surface area contributed by atoms with Gasteiger partial charge in [-0.05, 0) is 47.4 Å². The number of primary amides is 1. The second kappa shape index (κ2) is 10.8. The molecule has 176 valence electrons. The van der Waals surface area contributed by atoms with Crippen molar-refractivity contribution in [1.82, 2.24) is 10.3 Å². The Bertz CT molecular complexity index is 1170. The molecule has 1 aromatic heterocycles. The number of nitrogens with one attached hydrogen (secondary N) is 1. The molecule has 0 bridgehead atoms. The van der Waals surface area contributed by atoms with E-state index < -0.39 is 5.91 Å². The molecule has 3 N–H and O–H groups in total. The van der Waals surface area contributed by atoms with E-state index in [0.717, 1.165) is 34.4 Å². The number of carbonyl (C=O) groups is 1. The van der Waals surface area contributed by atoms with Gasteiger partial charge in [-0.2, -0.15) is 0 Å². The van der Waals surface area contributed by atoms with Crippen LogP contribution in [-0.4, -0.2) is 43.2 Å². The Labute approximate surface area is 199 Å². The molecule has 3 aromatic rings. The number of amidine groups is 1. The van der Waals surface area contributed by atoms with Crippen LogP contribution in [0.2, 0.25) is 0 Å². The van der Waals surface area contributed by atoms with Crippen molar-refractivity contribution >= 4 is 17.6 Å². The number of nitrogens with zero attached hydrogens (tertiary/aromatic N) is 3. The number of anilines is 1. The van der Waals surface area contributed by atoms with E-state index in [4.69, 9.17) is 15.2 Å². The normalized spacial score (nSPS) is 15.1. The molecule has 1 aliphatic heterocycles. The predicted octanol–water partition coefficient (Wildman–Crippen LogP) is 3.25. The second-order valence-corrected chi connectivity index (χ2v) is 8.03. The van der Waals surface area contributed by atoms with Crippen molar-refractivity contribution in [1.29, 1.82) is 0 Å². The summed E-state index contributed by atoms with van der Waals surface area (Å²) < 4.78 is 11.1. The zero-order valence-electron chi connectivity index (χ0n) is 19.4. The molecular weight excluding hydrogens is 430 g/mol. The zero-order chi connectivity index (χ0) is 23.9. The Hall–Kier alpha value is -3.91. The first kappa shape index (κ1) is 23.3. The SMILES string of the molecule is COCCCOc1cccc(-c2ccnc(N3N=C(C(N)=O)NC3Cc3ccccc3)c2)c1C. The fourth-order valence-corrected chi connectivity index (χ4v) is 3.91. The summed E-state index contributed by atoms with van der Waals surface area (Å²) in [5.41, 5.74) is 9.68. The molecule has 0 spiro atoms. The highest BCUT2D eigenvalue weighted by molar-refractivity contribution is 6.38. The Kier molecular flexibility index (Phi) is 7.39. The van der Waals surface area contributed by atoms with E-state index in [9.17, 15) is 4.79 Å². The van der Waals surface area contributed by atoms with E-state index in [0.29, 0.717) is 25.5 Å². The van der Waals surface area contributed by atoms with Crippen LogP contribution in [0.25, 0.3) is 11.1 Å². The summed E-state index contributed by atoms with van der Waals surface area (Å²) >= 11 is 0. The van der Waals surface area contributed by atoms with Crippen molar-refractivity contribution in [3.05, 3.63) is 78.0 Å². The molecule has 8 heteroatoms. The van der Waals surface area contributed by atoms with E-state index in [1.165, 1.54) is 0 Å². The Balaban J connectivity index is 1.61. The van der Waals surface area contributed by atoms with Crippen LogP contribution in [0.1, 0.15) is 17.5 Å². The number of methoxy groups -OCH3 is 1. The highest BCUT2D eigenvalue weighted by Crippen LogP contribution is 2.32. The van der Waals surface area contributed by atoms with Crippen molar-refractivity contribution < 1.29 is 14.3 Å². The highest BCUT2D eigenvalue weighted by atomic mass is 16.5. The van der Waals surface area contributed by atoms with Gasteiger partial charge in [0.1, 0.15) is 11.9 Å². The molecule has 0 saturated carbocycles. The first-order valence-corrected chi connectivity index (χ1v) is 11.2. The fraction of sp³-hybridized carbons (Fsp3) is 0.269. The first-order chi connectivity index (χ1) is 16.6. The molecule has 0 saturated heterocycles. The maximum absolute atomic E-state index is 11.8. The molecule has 2 aromatic carbocycles. The maximum atomic E-state index is 11.8. The van der Waals surface area contributed by atoms with Gasteiger partial charge in [0.25, 0.3) is 5.91 Å². The Morgan fingerprint density at radius 3 is 2.71 bits per heavy atom. The molecule has 1 unspecified atom stereocenters. The molecule has 1 aliphatic rings. The standard InChI is InChI=1S/C26H29N5O3/c1-18-21(10-6-11-22(18)34-15-7-14-33-2)20-12-13-28-23(17-20)31-24(29-26(30-31)25(27)32)16-19-8-4-3-5-9-19/h3-6,8-13,17,24H,7,14-16H2,1-2H3,(H2,27,32)(H,29,30). The molecule has 0 aliphatic carbocycles. The summed E-state index contributed by atoms with van der Waals surface area (Å²) in [4.78, 5) is 16.4. The number of carbonyl (C=O) groups excluding carboxylic acids is 1. The van der Waals surface area contributed by atoms with Crippen LogP contribution in [0.15, 0.2) is 72.0 Å². The van der Waals surface area contributed by atoms with E-state index in [1.807, 2.05) is 61.5 Å². The zero-order valence-corrected chi connectivity index (χ0v) is 19.4. The number of ether oxygens (including phenoxy) is 2. The third kappa shape index (κ3) is 5.35. The molecule has 2 heterocycles. The monoisotopic (exact) mass is 459 g/mol. The van der Waals surface area contributed by atoms with Crippen molar-refractivity contribution in [3.8, 4) is 16.9 Å². The van der Waals surface area contributed by atoms with Crippen LogP contribution in [0.4, 0.5) is 5.82 Å². The van der Waals surface area contributed by atoms with Crippen LogP contribution < -0.4 is 20.8 Å². The third-order valence-electron chi connectivity index (χ3n) is 5.64. The van der Waals surface area contributed by atoms with Crippen LogP contribution >= 0.6 is 0 Å². The fourth-order valence-electron chi connectivity index (χ4n) is 3.91. The highest BCUT2D eigenvalue weighted by Gasteiger charge is 2.30.